The highest BCUT2D eigenvalue weighted by molar-refractivity contribution is 7.46. The second kappa shape index (κ2) is 5.93. The molecule has 0 aromatic carbocycles. The number of aliphatic hydroxyl groups excluding tert-OH is 2. The van der Waals surface area contributed by atoms with Crippen molar-refractivity contribution in [3.05, 3.63) is 16.6 Å². The van der Waals surface area contributed by atoms with Crippen LogP contribution in [0.2, 0.25) is 0 Å². The zero-order valence-corrected chi connectivity index (χ0v) is 11.9. The number of ether oxygens (including phenoxy) is 1. The lowest BCUT2D eigenvalue weighted by molar-refractivity contribution is -0.0530. The van der Waals surface area contributed by atoms with Gasteiger partial charge in [0, 0.05) is 6.07 Å². The highest BCUT2D eigenvalue weighted by Crippen LogP contribution is 2.38. The third-order valence-corrected chi connectivity index (χ3v) is 3.49. The SMILES string of the molecule is Nc1cc(N)n([C@@H]2O[C@H](COP(=O)(O)O)[C@@H](O)[C@H]2O)c(=O)n1. The fourth-order valence-corrected chi connectivity index (χ4v) is 2.38. The van der Waals surface area contributed by atoms with Crippen LogP contribution in [-0.2, 0) is 13.8 Å². The molecule has 12 nitrogen and oxygen atoms in total. The largest absolute Gasteiger partial charge is 0.469 e. The second-order valence-corrected chi connectivity index (χ2v) is 5.83. The van der Waals surface area contributed by atoms with Gasteiger partial charge in [0.1, 0.15) is 29.9 Å². The summed E-state index contributed by atoms with van der Waals surface area (Å²) in [5, 5.41) is 19.7. The van der Waals surface area contributed by atoms with E-state index in [1.807, 2.05) is 0 Å². The van der Waals surface area contributed by atoms with Crippen LogP contribution >= 0.6 is 7.82 Å². The van der Waals surface area contributed by atoms with Crippen molar-refractivity contribution in [2.45, 2.75) is 24.5 Å². The first-order valence-corrected chi connectivity index (χ1v) is 7.49. The highest BCUT2D eigenvalue weighted by atomic mass is 31.2. The van der Waals surface area contributed by atoms with E-state index in [1.165, 1.54) is 0 Å². The molecule has 1 aliphatic heterocycles. The summed E-state index contributed by atoms with van der Waals surface area (Å²) in [4.78, 5) is 32.5. The third kappa shape index (κ3) is 3.44. The topological polar surface area (TPSA) is 203 Å². The van der Waals surface area contributed by atoms with Crippen LogP contribution in [0.5, 0.6) is 0 Å². The Balaban J connectivity index is 2.24. The van der Waals surface area contributed by atoms with E-state index >= 15 is 0 Å². The molecule has 1 aromatic rings. The van der Waals surface area contributed by atoms with Gasteiger partial charge in [0.05, 0.1) is 6.61 Å². The molecule has 13 heteroatoms. The van der Waals surface area contributed by atoms with E-state index in [1.54, 1.807) is 0 Å². The number of aromatic nitrogens is 2. The second-order valence-electron chi connectivity index (χ2n) is 4.59. The molecule has 0 unspecified atom stereocenters. The van der Waals surface area contributed by atoms with Gasteiger partial charge in [-0.05, 0) is 0 Å². The smallest absolute Gasteiger partial charge is 0.387 e. The summed E-state index contributed by atoms with van der Waals surface area (Å²) in [6.07, 6.45) is -5.83. The van der Waals surface area contributed by atoms with Gasteiger partial charge in [0.25, 0.3) is 0 Å². The summed E-state index contributed by atoms with van der Waals surface area (Å²) in [5.74, 6) is -0.293. The fourth-order valence-electron chi connectivity index (χ4n) is 2.03. The van der Waals surface area contributed by atoms with Gasteiger partial charge in [-0.2, -0.15) is 4.98 Å². The lowest BCUT2D eigenvalue weighted by Gasteiger charge is -2.19. The zero-order chi connectivity index (χ0) is 16.7. The summed E-state index contributed by atoms with van der Waals surface area (Å²) < 4.78 is 20.8. The quantitative estimate of drug-likeness (QED) is 0.308. The number of nitrogens with two attached hydrogens (primary N) is 2. The predicted octanol–water partition coefficient (Wildman–Crippen LogP) is -2.86. The fraction of sp³-hybridized carbons (Fsp3) is 0.556. The van der Waals surface area contributed by atoms with E-state index < -0.39 is 44.7 Å². The first kappa shape index (κ1) is 16.8. The molecule has 0 spiro atoms. The molecule has 0 bridgehead atoms. The Morgan fingerprint density at radius 1 is 1.36 bits per heavy atom. The van der Waals surface area contributed by atoms with Crippen LogP contribution in [0.1, 0.15) is 6.23 Å². The van der Waals surface area contributed by atoms with Gasteiger partial charge in [-0.1, -0.05) is 0 Å². The number of phosphoric ester groups is 1. The van der Waals surface area contributed by atoms with Crippen LogP contribution < -0.4 is 17.2 Å². The Labute approximate surface area is 123 Å². The van der Waals surface area contributed by atoms with Crippen LogP contribution in [0.4, 0.5) is 11.6 Å². The first-order chi connectivity index (χ1) is 10.1. The summed E-state index contributed by atoms with van der Waals surface area (Å²) in [6, 6.07) is 1.16. The summed E-state index contributed by atoms with van der Waals surface area (Å²) in [6.45, 7) is -0.698. The maximum absolute atomic E-state index is 11.8. The van der Waals surface area contributed by atoms with Gasteiger partial charge in [-0.3, -0.25) is 4.52 Å². The maximum atomic E-state index is 11.8. The Bertz CT molecular complexity index is 660. The molecule has 4 atom stereocenters. The summed E-state index contributed by atoms with van der Waals surface area (Å²) in [7, 11) is -4.78. The van der Waals surface area contributed by atoms with Crippen molar-refractivity contribution in [3.8, 4) is 0 Å². The third-order valence-electron chi connectivity index (χ3n) is 3.00. The van der Waals surface area contributed by atoms with E-state index in [-0.39, 0.29) is 11.6 Å². The molecule has 22 heavy (non-hydrogen) atoms. The van der Waals surface area contributed by atoms with Crippen molar-refractivity contribution in [2.75, 3.05) is 18.1 Å². The van der Waals surface area contributed by atoms with E-state index in [9.17, 15) is 19.6 Å². The summed E-state index contributed by atoms with van der Waals surface area (Å²) in [5.41, 5.74) is 10.0. The molecule has 1 saturated heterocycles. The van der Waals surface area contributed by atoms with Gasteiger partial charge in [-0.25, -0.2) is 13.9 Å². The molecule has 0 saturated carbocycles. The van der Waals surface area contributed by atoms with Crippen LogP contribution in [0, 0.1) is 0 Å². The maximum Gasteiger partial charge on any atom is 0.469 e. The minimum Gasteiger partial charge on any atom is -0.387 e. The zero-order valence-electron chi connectivity index (χ0n) is 11.0. The molecule has 8 N–H and O–H groups in total. The van der Waals surface area contributed by atoms with E-state index in [0.29, 0.717) is 0 Å². The molecule has 1 aliphatic rings. The number of aliphatic hydroxyl groups is 2. The number of hydrogen-bond donors (Lipinski definition) is 6. The lowest BCUT2D eigenvalue weighted by atomic mass is 10.1. The molecular weight excluding hydrogens is 323 g/mol. The van der Waals surface area contributed by atoms with Crippen molar-refractivity contribution in [1.29, 1.82) is 0 Å². The average molecular weight is 338 g/mol. The molecule has 0 aliphatic carbocycles. The molecular formula is C9H15N4O8P. The molecule has 0 radical (unpaired) electrons. The number of rotatable bonds is 4. The average Bonchev–Trinajstić information content (AvgIpc) is 2.63. The number of nitrogen functional groups attached to an aromatic ring is 2. The van der Waals surface area contributed by atoms with Crippen molar-refractivity contribution in [2.24, 2.45) is 0 Å². The monoisotopic (exact) mass is 338 g/mol. The lowest BCUT2D eigenvalue weighted by Crippen LogP contribution is -2.37. The number of phosphoric acid groups is 1. The van der Waals surface area contributed by atoms with Crippen LogP contribution in [0.3, 0.4) is 0 Å². The normalized spacial score (nSPS) is 28.9. The minimum absolute atomic E-state index is 0.131. The number of nitrogens with zero attached hydrogens (tertiary/aromatic N) is 2. The Morgan fingerprint density at radius 2 is 2.00 bits per heavy atom. The van der Waals surface area contributed by atoms with E-state index in [4.69, 9.17) is 26.0 Å². The van der Waals surface area contributed by atoms with Crippen molar-refractivity contribution in [3.63, 3.8) is 0 Å². The van der Waals surface area contributed by atoms with Crippen molar-refractivity contribution in [1.82, 2.24) is 9.55 Å². The highest BCUT2D eigenvalue weighted by Gasteiger charge is 2.45. The summed E-state index contributed by atoms with van der Waals surface area (Å²) >= 11 is 0. The Hall–Kier alpha value is -1.53. The molecule has 124 valence electrons. The van der Waals surface area contributed by atoms with Gasteiger partial charge in [0.15, 0.2) is 6.23 Å². The first-order valence-electron chi connectivity index (χ1n) is 5.96. The van der Waals surface area contributed by atoms with Gasteiger partial charge < -0.3 is 36.2 Å². The Morgan fingerprint density at radius 3 is 2.55 bits per heavy atom. The van der Waals surface area contributed by atoms with Gasteiger partial charge in [0.2, 0.25) is 0 Å². The molecule has 2 rings (SSSR count). The van der Waals surface area contributed by atoms with Crippen molar-refractivity contribution < 1.29 is 33.8 Å². The number of hydrogen-bond acceptors (Lipinski definition) is 9. The molecule has 1 aromatic heterocycles. The van der Waals surface area contributed by atoms with E-state index in [0.717, 1.165) is 10.6 Å². The predicted molar refractivity (Wildman–Crippen MR) is 71.2 cm³/mol. The molecule has 2 heterocycles. The Kier molecular flexibility index (Phi) is 4.54. The standard InChI is InChI=1S/C9H15N4O8P/c10-4-1-5(11)13(9(16)12-4)8-7(15)6(14)3(21-8)2-20-22(17,18)19/h1,3,6-8,14-15H,2,11H2,(H2,10,12,16)(H2,17,18,19)/t3-,6-,7-,8-/m1/s1. The van der Waals surface area contributed by atoms with Gasteiger partial charge in [-0.15, -0.1) is 0 Å². The minimum atomic E-state index is -4.78. The number of anilines is 2. The van der Waals surface area contributed by atoms with Gasteiger partial charge >= 0.3 is 13.5 Å². The molecule has 0 amide bonds. The van der Waals surface area contributed by atoms with Crippen LogP contribution in [0.25, 0.3) is 0 Å². The molecule has 1 fully saturated rings. The van der Waals surface area contributed by atoms with E-state index in [2.05, 4.69) is 9.51 Å². The van der Waals surface area contributed by atoms with Crippen molar-refractivity contribution >= 4 is 19.5 Å². The van der Waals surface area contributed by atoms with Crippen LogP contribution in [0.15, 0.2) is 10.9 Å². The van der Waals surface area contributed by atoms with Crippen LogP contribution in [-0.4, -0.2) is 54.5 Å².